The Morgan fingerprint density at radius 2 is 2.40 bits per heavy atom. The highest BCUT2D eigenvalue weighted by molar-refractivity contribution is 5.71. The number of nitrogens with zero attached hydrogens (tertiary/aromatic N) is 2. The van der Waals surface area contributed by atoms with Crippen molar-refractivity contribution < 1.29 is 9.53 Å². The standard InChI is InChI=1S/C10H17N3O2/c1-4-15-10(14)6-11-5-9-7-13(3)12-8(9)2/h7,11H,4-6H2,1-3H3. The molecule has 0 radical (unpaired) electrons. The molecule has 1 rings (SSSR count). The lowest BCUT2D eigenvalue weighted by atomic mass is 10.2. The predicted molar refractivity (Wildman–Crippen MR) is 56.3 cm³/mol. The van der Waals surface area contributed by atoms with Gasteiger partial charge in [0.1, 0.15) is 0 Å². The molecule has 1 aromatic heterocycles. The van der Waals surface area contributed by atoms with E-state index in [2.05, 4.69) is 10.4 Å². The van der Waals surface area contributed by atoms with Crippen LogP contribution in [-0.2, 0) is 23.1 Å². The van der Waals surface area contributed by atoms with Crippen LogP contribution < -0.4 is 5.32 Å². The lowest BCUT2D eigenvalue weighted by Crippen LogP contribution is -2.24. The van der Waals surface area contributed by atoms with Crippen LogP contribution in [0.25, 0.3) is 0 Å². The normalized spacial score (nSPS) is 10.3. The van der Waals surface area contributed by atoms with Crippen molar-refractivity contribution in [3.8, 4) is 0 Å². The second kappa shape index (κ2) is 5.50. The average Bonchev–Trinajstić information content (AvgIpc) is 2.46. The van der Waals surface area contributed by atoms with Gasteiger partial charge < -0.3 is 10.1 Å². The minimum Gasteiger partial charge on any atom is -0.465 e. The van der Waals surface area contributed by atoms with Crippen LogP contribution in [0, 0.1) is 6.92 Å². The van der Waals surface area contributed by atoms with E-state index in [1.165, 1.54) is 0 Å². The molecule has 0 aromatic carbocycles. The molecule has 0 unspecified atom stereocenters. The molecule has 0 aliphatic heterocycles. The fourth-order valence-electron chi connectivity index (χ4n) is 1.33. The molecular formula is C10H17N3O2. The number of rotatable bonds is 5. The second-order valence-corrected chi connectivity index (χ2v) is 3.32. The summed E-state index contributed by atoms with van der Waals surface area (Å²) in [5, 5.41) is 7.22. The third kappa shape index (κ3) is 3.71. The molecule has 0 fully saturated rings. The van der Waals surface area contributed by atoms with Gasteiger partial charge in [0.2, 0.25) is 0 Å². The van der Waals surface area contributed by atoms with E-state index in [1.54, 1.807) is 11.6 Å². The molecule has 5 nitrogen and oxygen atoms in total. The SMILES string of the molecule is CCOC(=O)CNCc1cn(C)nc1C. The summed E-state index contributed by atoms with van der Waals surface area (Å²) >= 11 is 0. The maximum Gasteiger partial charge on any atom is 0.319 e. The van der Waals surface area contributed by atoms with Gasteiger partial charge >= 0.3 is 5.97 Å². The first-order chi connectivity index (χ1) is 7.13. The largest absolute Gasteiger partial charge is 0.465 e. The summed E-state index contributed by atoms with van der Waals surface area (Å²) in [6, 6.07) is 0. The molecule has 0 atom stereocenters. The van der Waals surface area contributed by atoms with Gasteiger partial charge in [-0.15, -0.1) is 0 Å². The third-order valence-electron chi connectivity index (χ3n) is 2.01. The van der Waals surface area contributed by atoms with Crippen molar-refractivity contribution in [2.45, 2.75) is 20.4 Å². The van der Waals surface area contributed by atoms with Gasteiger partial charge in [0.05, 0.1) is 18.8 Å². The molecule has 0 aliphatic rings. The van der Waals surface area contributed by atoms with Crippen LogP contribution in [-0.4, -0.2) is 28.9 Å². The third-order valence-corrected chi connectivity index (χ3v) is 2.01. The summed E-state index contributed by atoms with van der Waals surface area (Å²) in [5.41, 5.74) is 2.08. The number of carbonyl (C=O) groups excluding carboxylic acids is 1. The Hall–Kier alpha value is -1.36. The van der Waals surface area contributed by atoms with Gasteiger partial charge in [-0.3, -0.25) is 9.48 Å². The van der Waals surface area contributed by atoms with Crippen LogP contribution in [0.5, 0.6) is 0 Å². The van der Waals surface area contributed by atoms with Crippen LogP contribution >= 0.6 is 0 Å². The first-order valence-corrected chi connectivity index (χ1v) is 4.99. The fourth-order valence-corrected chi connectivity index (χ4v) is 1.33. The van der Waals surface area contributed by atoms with Gasteiger partial charge in [-0.05, 0) is 13.8 Å². The molecule has 0 saturated heterocycles. The number of aromatic nitrogens is 2. The summed E-state index contributed by atoms with van der Waals surface area (Å²) in [6.45, 7) is 5.04. The van der Waals surface area contributed by atoms with E-state index in [9.17, 15) is 4.79 Å². The molecule has 0 saturated carbocycles. The van der Waals surface area contributed by atoms with Crippen molar-refractivity contribution in [2.75, 3.05) is 13.2 Å². The van der Waals surface area contributed by atoms with Gasteiger partial charge in [0.25, 0.3) is 0 Å². The molecule has 0 bridgehead atoms. The summed E-state index contributed by atoms with van der Waals surface area (Å²) in [6.07, 6.45) is 1.94. The molecule has 0 amide bonds. The molecule has 5 heteroatoms. The molecule has 15 heavy (non-hydrogen) atoms. The predicted octanol–water partition coefficient (Wildman–Crippen LogP) is 0.381. The lowest BCUT2D eigenvalue weighted by molar-refractivity contribution is -0.142. The first-order valence-electron chi connectivity index (χ1n) is 4.99. The Kier molecular flexibility index (Phi) is 4.30. The average molecular weight is 211 g/mol. The molecule has 0 aliphatic carbocycles. The maximum atomic E-state index is 11.0. The van der Waals surface area contributed by atoms with Crippen molar-refractivity contribution in [2.24, 2.45) is 7.05 Å². The number of ether oxygens (including phenoxy) is 1. The van der Waals surface area contributed by atoms with Crippen molar-refractivity contribution >= 4 is 5.97 Å². The molecule has 1 aromatic rings. The van der Waals surface area contributed by atoms with Gasteiger partial charge in [-0.2, -0.15) is 5.10 Å². The summed E-state index contributed by atoms with van der Waals surface area (Å²) < 4.78 is 6.55. The van der Waals surface area contributed by atoms with Crippen molar-refractivity contribution in [1.82, 2.24) is 15.1 Å². The number of nitrogens with one attached hydrogen (secondary N) is 1. The van der Waals surface area contributed by atoms with E-state index < -0.39 is 0 Å². The van der Waals surface area contributed by atoms with E-state index in [1.807, 2.05) is 20.2 Å². The Labute approximate surface area is 89.4 Å². The van der Waals surface area contributed by atoms with Crippen LogP contribution in [0.1, 0.15) is 18.2 Å². The van der Waals surface area contributed by atoms with Gasteiger partial charge in [-0.25, -0.2) is 0 Å². The Bertz CT molecular complexity index is 333. The zero-order valence-corrected chi connectivity index (χ0v) is 9.41. The van der Waals surface area contributed by atoms with Gasteiger partial charge in [-0.1, -0.05) is 0 Å². The Balaban J connectivity index is 2.31. The lowest BCUT2D eigenvalue weighted by Gasteiger charge is -2.03. The number of aryl methyl sites for hydroxylation is 2. The zero-order chi connectivity index (χ0) is 11.3. The Morgan fingerprint density at radius 1 is 1.67 bits per heavy atom. The monoisotopic (exact) mass is 211 g/mol. The highest BCUT2D eigenvalue weighted by atomic mass is 16.5. The zero-order valence-electron chi connectivity index (χ0n) is 9.41. The molecular weight excluding hydrogens is 194 g/mol. The number of esters is 1. The van der Waals surface area contributed by atoms with E-state index in [0.29, 0.717) is 13.2 Å². The highest BCUT2D eigenvalue weighted by Crippen LogP contribution is 2.03. The summed E-state index contributed by atoms with van der Waals surface area (Å²) in [7, 11) is 1.88. The van der Waals surface area contributed by atoms with E-state index in [0.717, 1.165) is 11.3 Å². The van der Waals surface area contributed by atoms with Crippen LogP contribution in [0.15, 0.2) is 6.20 Å². The van der Waals surface area contributed by atoms with Crippen LogP contribution in [0.2, 0.25) is 0 Å². The number of hydrogen-bond donors (Lipinski definition) is 1. The van der Waals surface area contributed by atoms with E-state index >= 15 is 0 Å². The quantitative estimate of drug-likeness (QED) is 0.715. The molecule has 1 N–H and O–H groups in total. The topological polar surface area (TPSA) is 56.1 Å². The van der Waals surface area contributed by atoms with E-state index in [4.69, 9.17) is 4.74 Å². The van der Waals surface area contributed by atoms with Crippen molar-refractivity contribution in [3.05, 3.63) is 17.5 Å². The minimum absolute atomic E-state index is 0.223. The number of hydrogen-bond acceptors (Lipinski definition) is 4. The van der Waals surface area contributed by atoms with Crippen LogP contribution in [0.3, 0.4) is 0 Å². The van der Waals surface area contributed by atoms with Gasteiger partial charge in [0.15, 0.2) is 0 Å². The maximum absolute atomic E-state index is 11.0. The summed E-state index contributed by atoms with van der Waals surface area (Å²) in [4.78, 5) is 11.0. The van der Waals surface area contributed by atoms with Crippen molar-refractivity contribution in [1.29, 1.82) is 0 Å². The van der Waals surface area contributed by atoms with Gasteiger partial charge in [0, 0.05) is 25.4 Å². The highest BCUT2D eigenvalue weighted by Gasteiger charge is 2.04. The first kappa shape index (κ1) is 11.7. The van der Waals surface area contributed by atoms with Crippen LogP contribution in [0.4, 0.5) is 0 Å². The smallest absolute Gasteiger partial charge is 0.319 e. The van der Waals surface area contributed by atoms with Crippen molar-refractivity contribution in [3.63, 3.8) is 0 Å². The molecule has 84 valence electrons. The van der Waals surface area contributed by atoms with E-state index in [-0.39, 0.29) is 12.5 Å². The minimum atomic E-state index is -0.223. The second-order valence-electron chi connectivity index (χ2n) is 3.32. The molecule has 1 heterocycles. The summed E-state index contributed by atoms with van der Waals surface area (Å²) in [5.74, 6) is -0.223. The molecule has 0 spiro atoms. The Morgan fingerprint density at radius 3 is 2.93 bits per heavy atom. The number of carbonyl (C=O) groups is 1. The fraction of sp³-hybridized carbons (Fsp3) is 0.600.